The largest absolute Gasteiger partial charge is 0.742 e. The Hall–Kier alpha value is -0.900. The molecule has 1 aromatic rings. The van der Waals surface area contributed by atoms with Gasteiger partial charge in [0, 0.05) is 11.8 Å². The average molecular weight is 169 g/mol. The Morgan fingerprint density at radius 3 is 3.00 bits per heavy atom. The van der Waals surface area contributed by atoms with Crippen molar-refractivity contribution in [1.29, 1.82) is 0 Å². The number of aromatic amines is 1. The van der Waals surface area contributed by atoms with Crippen molar-refractivity contribution in [3.63, 3.8) is 0 Å². The molecule has 1 N–H and O–H groups in total. The lowest BCUT2D eigenvalue weighted by molar-refractivity contribution is 0.818. The summed E-state index contributed by atoms with van der Waals surface area (Å²) in [5.74, 6) is 0. The van der Waals surface area contributed by atoms with Gasteiger partial charge >= 0.3 is 0 Å². The van der Waals surface area contributed by atoms with Crippen LogP contribution in [0.25, 0.3) is 0 Å². The van der Waals surface area contributed by atoms with Crippen molar-refractivity contribution in [3.05, 3.63) is 22.1 Å². The van der Waals surface area contributed by atoms with Gasteiger partial charge in [-0.25, -0.2) is 0 Å². The molecule has 0 saturated carbocycles. The molecule has 0 bridgehead atoms. The molecule has 1 rings (SSSR count). The number of hydrogen-bond acceptors (Lipinski definition) is 3. The van der Waals surface area contributed by atoms with Gasteiger partial charge in [-0.2, -0.15) is 0 Å². The minimum absolute atomic E-state index is 0.159. The Morgan fingerprint density at radius 2 is 2.45 bits per heavy atom. The molecule has 0 amide bonds. The fourth-order valence-corrected chi connectivity index (χ4v) is 1.09. The second-order valence-corrected chi connectivity index (χ2v) is 2.68. The van der Waals surface area contributed by atoms with Gasteiger partial charge in [0.05, 0.1) is 0 Å². The molecule has 0 unspecified atom stereocenters. The van der Waals surface area contributed by atoms with E-state index in [4.69, 9.17) is 12.6 Å². The minimum atomic E-state index is -0.159. The normalized spacial score (nSPS) is 9.91. The molecule has 0 atom stereocenters. The number of H-pyrrole nitrogens is 1. The van der Waals surface area contributed by atoms with Crippen LogP contribution in [0.5, 0.6) is 0 Å². The first-order valence-corrected chi connectivity index (χ1v) is 3.90. The van der Waals surface area contributed by atoms with Gasteiger partial charge in [-0.1, -0.05) is 13.3 Å². The third-order valence-corrected chi connectivity index (χ3v) is 1.47. The van der Waals surface area contributed by atoms with Crippen LogP contribution in [0.1, 0.15) is 19.0 Å². The van der Waals surface area contributed by atoms with Gasteiger partial charge in [0.1, 0.15) is 0 Å². The van der Waals surface area contributed by atoms with Crippen molar-refractivity contribution in [2.45, 2.75) is 24.9 Å². The third kappa shape index (κ3) is 2.31. The lowest BCUT2D eigenvalue weighted by Crippen LogP contribution is -2.09. The van der Waals surface area contributed by atoms with Crippen LogP contribution in [0.15, 0.2) is 16.0 Å². The van der Waals surface area contributed by atoms with Crippen LogP contribution in [0, 0.1) is 0 Å². The first-order chi connectivity index (χ1) is 5.22. The highest BCUT2D eigenvalue weighted by atomic mass is 32.1. The molecule has 0 aliphatic rings. The summed E-state index contributed by atoms with van der Waals surface area (Å²) in [6.07, 6.45) is 1.79. The topological polar surface area (TPSA) is 45.8 Å². The molecular weight excluding hydrogens is 160 g/mol. The van der Waals surface area contributed by atoms with E-state index >= 15 is 0 Å². The van der Waals surface area contributed by atoms with E-state index in [0.717, 1.165) is 18.5 Å². The van der Waals surface area contributed by atoms with Crippen molar-refractivity contribution in [2.24, 2.45) is 0 Å². The summed E-state index contributed by atoms with van der Waals surface area (Å²) in [5.41, 5.74) is 0.620. The summed E-state index contributed by atoms with van der Waals surface area (Å²) in [6, 6.07) is 1.49. The number of hydrogen-bond donors (Lipinski definition) is 1. The van der Waals surface area contributed by atoms with Gasteiger partial charge in [0.25, 0.3) is 0 Å². The smallest absolute Gasteiger partial charge is 0.249 e. The molecule has 60 valence electrons. The average Bonchev–Trinajstić information content (AvgIpc) is 1.85. The highest BCUT2D eigenvalue weighted by molar-refractivity contribution is 7.58. The summed E-state index contributed by atoms with van der Waals surface area (Å²) >= 11 is 4.73. The minimum Gasteiger partial charge on any atom is -0.742 e. The van der Waals surface area contributed by atoms with Crippen molar-refractivity contribution < 1.29 is 0 Å². The van der Waals surface area contributed by atoms with E-state index in [9.17, 15) is 4.79 Å². The molecule has 0 aromatic carbocycles. The first kappa shape index (κ1) is 8.20. The van der Waals surface area contributed by atoms with E-state index in [1.807, 2.05) is 6.92 Å². The zero-order valence-corrected chi connectivity index (χ0v) is 7.07. The highest BCUT2D eigenvalue weighted by Crippen LogP contribution is 1.95. The maximum Gasteiger partial charge on any atom is 0.249 e. The highest BCUT2D eigenvalue weighted by Gasteiger charge is 1.92. The number of nitrogens with one attached hydrogen (secondary N) is 1. The number of aryl methyl sites for hydroxylation is 1. The number of rotatable bonds is 2. The SMILES string of the molecule is CCCc1cc(=O)[nH]c([S-])n1. The maximum atomic E-state index is 10.8. The standard InChI is InChI=1S/C7H10N2OS/c1-2-3-5-4-6(10)9-7(11)8-5/h4H,2-3H2,1H3,(H2,8,9,10,11)/p-1. The molecule has 1 heterocycles. The van der Waals surface area contributed by atoms with Gasteiger partial charge in [-0.15, -0.1) is 0 Å². The van der Waals surface area contributed by atoms with Crippen LogP contribution in [-0.2, 0) is 19.0 Å². The Labute approximate surface area is 70.3 Å². The van der Waals surface area contributed by atoms with Crippen LogP contribution in [-0.4, -0.2) is 9.97 Å². The number of nitrogens with zero attached hydrogens (tertiary/aromatic N) is 1. The fraction of sp³-hybridized carbons (Fsp3) is 0.429. The van der Waals surface area contributed by atoms with Crippen molar-refractivity contribution in [1.82, 2.24) is 9.97 Å². The molecule has 0 spiro atoms. The van der Waals surface area contributed by atoms with E-state index in [1.54, 1.807) is 0 Å². The van der Waals surface area contributed by atoms with Crippen molar-refractivity contribution in [3.8, 4) is 0 Å². The fourth-order valence-electron chi connectivity index (χ4n) is 0.868. The van der Waals surface area contributed by atoms with Crippen LogP contribution in [0.2, 0.25) is 0 Å². The predicted molar refractivity (Wildman–Crippen MR) is 44.5 cm³/mol. The monoisotopic (exact) mass is 169 g/mol. The van der Waals surface area contributed by atoms with Crippen LogP contribution < -0.4 is 5.56 Å². The summed E-state index contributed by atoms with van der Waals surface area (Å²) in [7, 11) is 0. The quantitative estimate of drug-likeness (QED) is 0.521. The second kappa shape index (κ2) is 3.48. The van der Waals surface area contributed by atoms with Crippen LogP contribution >= 0.6 is 0 Å². The van der Waals surface area contributed by atoms with E-state index in [2.05, 4.69) is 9.97 Å². The molecule has 11 heavy (non-hydrogen) atoms. The molecule has 0 radical (unpaired) electrons. The summed E-state index contributed by atoms with van der Waals surface area (Å²) in [5, 5.41) is 0.279. The molecular formula is C7H9N2OS-. The van der Waals surface area contributed by atoms with Gasteiger partial charge in [0.15, 0.2) is 0 Å². The van der Waals surface area contributed by atoms with E-state index in [0.29, 0.717) is 0 Å². The lowest BCUT2D eigenvalue weighted by atomic mass is 10.2. The molecule has 0 aliphatic carbocycles. The zero-order chi connectivity index (χ0) is 8.27. The van der Waals surface area contributed by atoms with Gasteiger partial charge in [0.2, 0.25) is 5.56 Å². The van der Waals surface area contributed by atoms with Gasteiger partial charge in [-0.05, 0) is 11.6 Å². The van der Waals surface area contributed by atoms with Crippen molar-refractivity contribution >= 4 is 12.6 Å². The second-order valence-electron chi connectivity index (χ2n) is 2.29. The first-order valence-electron chi connectivity index (χ1n) is 3.49. The molecule has 0 aliphatic heterocycles. The van der Waals surface area contributed by atoms with Gasteiger partial charge in [-0.3, -0.25) is 9.78 Å². The summed E-state index contributed by atoms with van der Waals surface area (Å²) in [4.78, 5) is 17.2. The predicted octanol–water partition coefficient (Wildman–Crippen LogP) is 0.628. The van der Waals surface area contributed by atoms with Crippen LogP contribution in [0.3, 0.4) is 0 Å². The molecule has 3 nitrogen and oxygen atoms in total. The zero-order valence-electron chi connectivity index (χ0n) is 6.26. The molecule has 0 saturated heterocycles. The Kier molecular flexibility index (Phi) is 2.59. The van der Waals surface area contributed by atoms with Crippen molar-refractivity contribution in [2.75, 3.05) is 0 Å². The van der Waals surface area contributed by atoms with Gasteiger partial charge < -0.3 is 17.6 Å². The Balaban J connectivity index is 2.99. The van der Waals surface area contributed by atoms with E-state index in [1.165, 1.54) is 6.07 Å². The van der Waals surface area contributed by atoms with E-state index < -0.39 is 0 Å². The molecule has 1 aromatic heterocycles. The Morgan fingerprint density at radius 1 is 1.73 bits per heavy atom. The van der Waals surface area contributed by atoms with E-state index in [-0.39, 0.29) is 10.7 Å². The Bertz CT molecular complexity index is 295. The maximum absolute atomic E-state index is 10.8. The summed E-state index contributed by atoms with van der Waals surface area (Å²) < 4.78 is 0. The van der Waals surface area contributed by atoms with Crippen LogP contribution in [0.4, 0.5) is 0 Å². The number of aromatic nitrogens is 2. The molecule has 0 fully saturated rings. The third-order valence-electron chi connectivity index (χ3n) is 1.28. The molecule has 4 heteroatoms. The lowest BCUT2D eigenvalue weighted by Gasteiger charge is -2.04. The summed E-state index contributed by atoms with van der Waals surface area (Å²) in [6.45, 7) is 2.03.